The number of nitrogens with one attached hydrogen (secondary N) is 1. The molecule has 1 N–H and O–H groups in total. The van der Waals surface area contributed by atoms with Gasteiger partial charge in [0.25, 0.3) is 0 Å². The number of rotatable bonds is 2. The van der Waals surface area contributed by atoms with E-state index in [-0.39, 0.29) is 10.8 Å². The van der Waals surface area contributed by atoms with Gasteiger partial charge in [-0.25, -0.2) is 9.78 Å². The molecule has 88 valence electrons. The molecule has 0 aliphatic heterocycles. The molecule has 1 rings (SSSR count). The Balaban J connectivity index is 2.46. The van der Waals surface area contributed by atoms with Crippen LogP contribution < -0.4 is 5.32 Å². The molecule has 8 heteroatoms. The van der Waals surface area contributed by atoms with Crippen LogP contribution in [-0.2, 0) is 4.74 Å². The molecule has 0 spiro atoms. The van der Waals surface area contributed by atoms with Crippen molar-refractivity contribution in [2.24, 2.45) is 0 Å². The van der Waals surface area contributed by atoms with E-state index in [4.69, 9.17) is 11.6 Å². The van der Waals surface area contributed by atoms with Crippen molar-refractivity contribution in [2.45, 2.75) is 6.18 Å². The average molecular weight is 255 g/mol. The van der Waals surface area contributed by atoms with Crippen molar-refractivity contribution in [1.82, 2.24) is 4.98 Å². The van der Waals surface area contributed by atoms with Crippen LogP contribution in [0.5, 0.6) is 0 Å². The summed E-state index contributed by atoms with van der Waals surface area (Å²) in [5.41, 5.74) is 0.201. The minimum absolute atomic E-state index is 0.105. The van der Waals surface area contributed by atoms with Gasteiger partial charge in [0.15, 0.2) is 6.61 Å². The van der Waals surface area contributed by atoms with Gasteiger partial charge in [-0.1, -0.05) is 11.6 Å². The van der Waals surface area contributed by atoms with Crippen molar-refractivity contribution in [1.29, 1.82) is 0 Å². The monoisotopic (exact) mass is 254 g/mol. The Morgan fingerprint density at radius 2 is 2.25 bits per heavy atom. The first-order valence-electron chi connectivity index (χ1n) is 3.99. The van der Waals surface area contributed by atoms with E-state index in [0.717, 1.165) is 0 Å². The van der Waals surface area contributed by atoms with Crippen LogP contribution in [0.15, 0.2) is 18.3 Å². The molecule has 0 radical (unpaired) electrons. The Kier molecular flexibility index (Phi) is 3.94. The number of aromatic nitrogens is 1. The van der Waals surface area contributed by atoms with E-state index in [1.54, 1.807) is 0 Å². The van der Waals surface area contributed by atoms with Crippen molar-refractivity contribution in [2.75, 3.05) is 11.9 Å². The Bertz CT molecular complexity index is 384. The van der Waals surface area contributed by atoms with Gasteiger partial charge in [0.1, 0.15) is 5.15 Å². The van der Waals surface area contributed by atoms with Crippen LogP contribution in [0.25, 0.3) is 0 Å². The number of carbonyl (C=O) groups is 1. The second-order valence-electron chi connectivity index (χ2n) is 2.68. The van der Waals surface area contributed by atoms with Gasteiger partial charge in [0.05, 0.1) is 0 Å². The molecule has 0 aromatic carbocycles. The molecule has 1 aromatic heterocycles. The van der Waals surface area contributed by atoms with E-state index in [1.807, 2.05) is 0 Å². The zero-order valence-electron chi connectivity index (χ0n) is 7.71. The number of carbonyl (C=O) groups excluding carboxylic acids is 1. The van der Waals surface area contributed by atoms with E-state index >= 15 is 0 Å². The fourth-order valence-electron chi connectivity index (χ4n) is 0.782. The number of hydrogen-bond acceptors (Lipinski definition) is 3. The largest absolute Gasteiger partial charge is 0.440 e. The summed E-state index contributed by atoms with van der Waals surface area (Å²) in [6.45, 7) is -1.64. The average Bonchev–Trinajstić information content (AvgIpc) is 2.14. The topological polar surface area (TPSA) is 51.2 Å². The van der Waals surface area contributed by atoms with Gasteiger partial charge in [0.2, 0.25) is 0 Å². The lowest BCUT2D eigenvalue weighted by atomic mass is 10.4. The third kappa shape index (κ3) is 4.83. The number of hydrogen-bond donors (Lipinski definition) is 1. The molecule has 16 heavy (non-hydrogen) atoms. The number of alkyl halides is 3. The number of halogens is 4. The van der Waals surface area contributed by atoms with E-state index in [1.165, 1.54) is 18.3 Å². The summed E-state index contributed by atoms with van der Waals surface area (Å²) < 4.78 is 39.0. The summed E-state index contributed by atoms with van der Waals surface area (Å²) in [5, 5.41) is 2.17. The first-order chi connectivity index (χ1) is 7.37. The van der Waals surface area contributed by atoms with Gasteiger partial charge in [0, 0.05) is 11.9 Å². The van der Waals surface area contributed by atoms with Crippen molar-refractivity contribution in [3.05, 3.63) is 23.5 Å². The highest BCUT2D eigenvalue weighted by Gasteiger charge is 2.29. The summed E-state index contributed by atoms with van der Waals surface area (Å²) in [6, 6.07) is 2.64. The van der Waals surface area contributed by atoms with Crippen LogP contribution in [0.3, 0.4) is 0 Å². The molecule has 0 saturated heterocycles. The second-order valence-corrected chi connectivity index (χ2v) is 3.07. The van der Waals surface area contributed by atoms with Gasteiger partial charge in [-0.05, 0) is 12.1 Å². The maximum absolute atomic E-state index is 11.7. The predicted octanol–water partition coefficient (Wildman–Crippen LogP) is 2.85. The Hall–Kier alpha value is -1.50. The summed E-state index contributed by atoms with van der Waals surface area (Å²) in [6.07, 6.45) is -4.46. The van der Waals surface area contributed by atoms with Crippen molar-refractivity contribution < 1.29 is 22.7 Å². The Morgan fingerprint density at radius 1 is 1.56 bits per heavy atom. The minimum Gasteiger partial charge on any atom is -0.440 e. The molecule has 1 aromatic rings. The van der Waals surface area contributed by atoms with Crippen molar-refractivity contribution in [3.8, 4) is 0 Å². The zero-order valence-corrected chi connectivity index (χ0v) is 8.47. The lowest BCUT2D eigenvalue weighted by molar-refractivity contribution is -0.159. The van der Waals surface area contributed by atoms with Crippen LogP contribution in [0.1, 0.15) is 0 Å². The Labute approximate surface area is 93.4 Å². The quantitative estimate of drug-likeness (QED) is 0.826. The Morgan fingerprint density at radius 3 is 2.81 bits per heavy atom. The second kappa shape index (κ2) is 5.02. The summed E-state index contributed by atoms with van der Waals surface area (Å²) >= 11 is 5.49. The van der Waals surface area contributed by atoms with Gasteiger partial charge in [-0.2, -0.15) is 13.2 Å². The van der Waals surface area contributed by atoms with E-state index in [0.29, 0.717) is 0 Å². The molecule has 1 amide bonds. The fraction of sp³-hybridized carbons (Fsp3) is 0.250. The molecule has 4 nitrogen and oxygen atoms in total. The molecule has 0 aliphatic rings. The molecule has 0 atom stereocenters. The first-order valence-corrected chi connectivity index (χ1v) is 4.37. The molecular formula is C8H6ClF3N2O2. The number of nitrogens with zero attached hydrogens (tertiary/aromatic N) is 1. The molecule has 0 saturated carbocycles. The van der Waals surface area contributed by atoms with Gasteiger partial charge < -0.3 is 4.74 Å². The zero-order chi connectivity index (χ0) is 12.2. The number of ether oxygens (including phenoxy) is 1. The third-order valence-electron chi connectivity index (χ3n) is 1.34. The molecule has 0 fully saturated rings. The third-order valence-corrected chi connectivity index (χ3v) is 1.55. The van der Waals surface area contributed by atoms with Gasteiger partial charge in [-0.3, -0.25) is 5.32 Å². The number of pyridine rings is 1. The molecule has 0 aliphatic carbocycles. The lowest BCUT2D eigenvalue weighted by Crippen LogP contribution is -2.23. The first kappa shape index (κ1) is 12.6. The van der Waals surface area contributed by atoms with E-state index in [9.17, 15) is 18.0 Å². The number of anilines is 1. The van der Waals surface area contributed by atoms with Gasteiger partial charge in [-0.15, -0.1) is 0 Å². The smallest absolute Gasteiger partial charge is 0.422 e. The highest BCUT2D eigenvalue weighted by Crippen LogP contribution is 2.16. The lowest BCUT2D eigenvalue weighted by Gasteiger charge is -2.08. The minimum atomic E-state index is -4.55. The molecule has 0 unspecified atom stereocenters. The highest BCUT2D eigenvalue weighted by atomic mass is 35.5. The van der Waals surface area contributed by atoms with Gasteiger partial charge >= 0.3 is 12.3 Å². The maximum Gasteiger partial charge on any atom is 0.422 e. The summed E-state index contributed by atoms with van der Waals surface area (Å²) in [7, 11) is 0. The summed E-state index contributed by atoms with van der Waals surface area (Å²) in [5.74, 6) is 0. The van der Waals surface area contributed by atoms with Crippen molar-refractivity contribution in [3.63, 3.8) is 0 Å². The maximum atomic E-state index is 11.7. The standard InChI is InChI=1S/C8H6ClF3N2O2/c9-6-3-5(1-2-13-6)14-7(15)16-4-8(10,11)12/h1-3H,4H2,(H,13,14,15). The van der Waals surface area contributed by atoms with E-state index in [2.05, 4.69) is 15.0 Å². The normalized spacial score (nSPS) is 11.0. The van der Waals surface area contributed by atoms with Crippen LogP contribution >= 0.6 is 11.6 Å². The molecule has 0 bridgehead atoms. The van der Waals surface area contributed by atoms with E-state index < -0.39 is 18.9 Å². The molecule has 1 heterocycles. The van der Waals surface area contributed by atoms with Crippen LogP contribution in [0, 0.1) is 0 Å². The summed E-state index contributed by atoms with van der Waals surface area (Å²) in [4.78, 5) is 14.5. The number of amides is 1. The predicted molar refractivity (Wildman–Crippen MR) is 50.3 cm³/mol. The van der Waals surface area contributed by atoms with Crippen LogP contribution in [0.4, 0.5) is 23.7 Å². The SMILES string of the molecule is O=C(Nc1ccnc(Cl)c1)OCC(F)(F)F. The van der Waals surface area contributed by atoms with Crippen LogP contribution in [0.2, 0.25) is 5.15 Å². The molecular weight excluding hydrogens is 249 g/mol. The van der Waals surface area contributed by atoms with Crippen LogP contribution in [-0.4, -0.2) is 23.9 Å². The fourth-order valence-corrected chi connectivity index (χ4v) is 0.955. The van der Waals surface area contributed by atoms with Crippen molar-refractivity contribution >= 4 is 23.4 Å². The highest BCUT2D eigenvalue weighted by molar-refractivity contribution is 6.29.